The van der Waals surface area contributed by atoms with Crippen LogP contribution in [0, 0.1) is 23.7 Å². The van der Waals surface area contributed by atoms with Crippen LogP contribution in [0.3, 0.4) is 0 Å². The maximum Gasteiger partial charge on any atom is 0.331 e. The average molecular weight is 480 g/mol. The normalized spacial score (nSPS) is 45.1. The second kappa shape index (κ2) is 9.21. The number of aliphatic hydroxyl groups is 1. The molecule has 3 fully saturated rings. The molecule has 1 saturated carbocycles. The van der Waals surface area contributed by atoms with E-state index in [-0.39, 0.29) is 41.4 Å². The Balaban J connectivity index is 1.55. The number of amides is 1. The summed E-state index contributed by atoms with van der Waals surface area (Å²) in [6.45, 7) is 6.42. The van der Waals surface area contributed by atoms with Crippen LogP contribution in [0.1, 0.15) is 52.0 Å². The lowest BCUT2D eigenvalue weighted by Gasteiger charge is -2.45. The summed E-state index contributed by atoms with van der Waals surface area (Å²) in [4.78, 5) is 26.9. The molecule has 0 unspecified atom stereocenters. The van der Waals surface area contributed by atoms with Crippen LogP contribution in [0.15, 0.2) is 54.6 Å². The molecule has 6 nitrogen and oxygen atoms in total. The third-order valence-corrected chi connectivity index (χ3v) is 8.86. The Morgan fingerprint density at radius 3 is 2.63 bits per heavy atom. The van der Waals surface area contributed by atoms with Crippen molar-refractivity contribution < 1.29 is 24.2 Å². The Morgan fingerprint density at radius 2 is 1.86 bits per heavy atom. The fourth-order valence-corrected chi connectivity index (χ4v) is 6.70. The molecular weight excluding hydrogens is 442 g/mol. The predicted octanol–water partition coefficient (Wildman–Crippen LogP) is 3.73. The number of ether oxygens (including phenoxy) is 2. The highest BCUT2D eigenvalue weighted by atomic mass is 16.6. The smallest absolute Gasteiger partial charge is 0.331 e. The first kappa shape index (κ1) is 24.3. The minimum atomic E-state index is -1.33. The summed E-state index contributed by atoms with van der Waals surface area (Å²) in [7, 11) is 0. The first-order valence-corrected chi connectivity index (χ1v) is 13.0. The SMILES string of the molecule is C[C@H]1C/C=C/[C@H]2[C@@H]3O[C@]3(C)[C@@H](C)[C@H]3[C@H](Cc4ccccc4)NC(=O)[C@]32OC(=O)/C=C/C[C@@H](O)CC1. The summed E-state index contributed by atoms with van der Waals surface area (Å²) in [6.07, 6.45) is 10.0. The van der Waals surface area contributed by atoms with Gasteiger partial charge in [0.25, 0.3) is 5.91 Å². The fourth-order valence-electron chi connectivity index (χ4n) is 6.70. The molecule has 0 radical (unpaired) electrons. The summed E-state index contributed by atoms with van der Waals surface area (Å²) in [5.41, 5.74) is -0.551. The highest BCUT2D eigenvalue weighted by Crippen LogP contribution is 2.63. The molecule has 0 bridgehead atoms. The molecule has 3 heterocycles. The van der Waals surface area contributed by atoms with Crippen LogP contribution in [0.25, 0.3) is 0 Å². The lowest BCUT2D eigenvalue weighted by Crippen LogP contribution is -2.61. The number of hydrogen-bond donors (Lipinski definition) is 2. The Bertz CT molecular complexity index is 1020. The van der Waals surface area contributed by atoms with Crippen molar-refractivity contribution >= 4 is 11.9 Å². The van der Waals surface area contributed by atoms with E-state index < -0.39 is 17.7 Å². The first-order valence-electron chi connectivity index (χ1n) is 13.0. The third-order valence-electron chi connectivity index (χ3n) is 8.86. The van der Waals surface area contributed by atoms with E-state index in [2.05, 4.69) is 50.4 Å². The molecule has 9 atom stereocenters. The van der Waals surface area contributed by atoms with Gasteiger partial charge in [0.15, 0.2) is 0 Å². The van der Waals surface area contributed by atoms with Crippen molar-refractivity contribution in [1.82, 2.24) is 5.32 Å². The van der Waals surface area contributed by atoms with Crippen molar-refractivity contribution in [2.45, 2.75) is 82.3 Å². The van der Waals surface area contributed by atoms with Crippen molar-refractivity contribution in [2.24, 2.45) is 23.7 Å². The van der Waals surface area contributed by atoms with E-state index in [4.69, 9.17) is 9.47 Å². The number of allylic oxidation sites excluding steroid dienone is 1. The number of carbonyl (C=O) groups excluding carboxylic acids is 2. The molecule has 35 heavy (non-hydrogen) atoms. The molecule has 3 aliphatic heterocycles. The molecule has 1 amide bonds. The Labute approximate surface area is 207 Å². The Kier molecular flexibility index (Phi) is 6.39. The average Bonchev–Trinajstić information content (AvgIpc) is 3.44. The lowest BCUT2D eigenvalue weighted by molar-refractivity contribution is -0.177. The molecule has 0 aromatic heterocycles. The second-order valence-electron chi connectivity index (χ2n) is 11.2. The van der Waals surface area contributed by atoms with Crippen LogP contribution >= 0.6 is 0 Å². The van der Waals surface area contributed by atoms with Crippen molar-refractivity contribution in [1.29, 1.82) is 0 Å². The molecule has 5 rings (SSSR count). The van der Waals surface area contributed by atoms with Gasteiger partial charge in [-0.3, -0.25) is 4.79 Å². The van der Waals surface area contributed by atoms with E-state index in [1.165, 1.54) is 6.08 Å². The van der Waals surface area contributed by atoms with E-state index in [0.29, 0.717) is 25.2 Å². The molecular formula is C29H37NO5. The van der Waals surface area contributed by atoms with Gasteiger partial charge in [0.1, 0.15) is 0 Å². The van der Waals surface area contributed by atoms with Gasteiger partial charge in [-0.05, 0) is 56.4 Å². The molecule has 188 valence electrons. The van der Waals surface area contributed by atoms with Crippen LogP contribution in [-0.4, -0.2) is 46.4 Å². The minimum absolute atomic E-state index is 0.0150. The molecule has 1 aromatic rings. The number of nitrogens with one attached hydrogen (secondary N) is 1. The fraction of sp³-hybridized carbons (Fsp3) is 0.586. The minimum Gasteiger partial charge on any atom is -0.445 e. The van der Waals surface area contributed by atoms with Crippen LogP contribution in [-0.2, 0) is 25.5 Å². The number of epoxide rings is 1. The Hall–Kier alpha value is -2.44. The topological polar surface area (TPSA) is 88.2 Å². The van der Waals surface area contributed by atoms with E-state index >= 15 is 0 Å². The predicted molar refractivity (Wildman–Crippen MR) is 132 cm³/mol. The summed E-state index contributed by atoms with van der Waals surface area (Å²) in [6, 6.07) is 9.94. The lowest BCUT2D eigenvalue weighted by atomic mass is 9.59. The summed E-state index contributed by atoms with van der Waals surface area (Å²) >= 11 is 0. The van der Waals surface area contributed by atoms with Crippen molar-refractivity contribution in [3.63, 3.8) is 0 Å². The quantitative estimate of drug-likeness (QED) is 0.383. The van der Waals surface area contributed by atoms with E-state index in [0.717, 1.165) is 18.4 Å². The largest absolute Gasteiger partial charge is 0.445 e. The second-order valence-corrected chi connectivity index (χ2v) is 11.2. The van der Waals surface area contributed by atoms with Gasteiger partial charge >= 0.3 is 5.97 Å². The highest BCUT2D eigenvalue weighted by molar-refractivity contribution is 5.94. The standard InChI is InChI=1S/C29H37NO5/c1-18-9-7-13-22-26-28(3,35-26)19(2)25-23(17-20-10-5-4-6-11-20)30-27(33)29(22,25)34-24(32)14-8-12-21(31)16-15-18/h4-8,10-11,13-14,18-19,21-23,25-26,31H,9,12,15-17H2,1-3H3,(H,30,33)/b13-7+,14-8+/t18-,19-,21+,22-,23-,25-,26-,28+,29+/m0/s1. The molecule has 2 saturated heterocycles. The number of fused-ring (bicyclic) bond motifs is 2. The van der Waals surface area contributed by atoms with Gasteiger partial charge in [0.2, 0.25) is 5.60 Å². The van der Waals surface area contributed by atoms with E-state index in [1.807, 2.05) is 18.2 Å². The zero-order valence-electron chi connectivity index (χ0n) is 20.9. The van der Waals surface area contributed by atoms with E-state index in [1.54, 1.807) is 6.08 Å². The third kappa shape index (κ3) is 4.25. The molecule has 1 spiro atoms. The van der Waals surface area contributed by atoms with Crippen molar-refractivity contribution in [3.05, 3.63) is 60.2 Å². The van der Waals surface area contributed by atoms with Crippen LogP contribution in [0.4, 0.5) is 0 Å². The number of esters is 1. The first-order chi connectivity index (χ1) is 16.8. The van der Waals surface area contributed by atoms with Gasteiger partial charge < -0.3 is 19.9 Å². The summed E-state index contributed by atoms with van der Waals surface area (Å²) in [5, 5.41) is 13.5. The Morgan fingerprint density at radius 1 is 1.09 bits per heavy atom. The maximum atomic E-state index is 13.8. The monoisotopic (exact) mass is 479 g/mol. The van der Waals surface area contributed by atoms with Gasteiger partial charge in [-0.15, -0.1) is 0 Å². The summed E-state index contributed by atoms with van der Waals surface area (Å²) in [5.74, 6) is -0.947. The van der Waals surface area contributed by atoms with Crippen LogP contribution in [0.5, 0.6) is 0 Å². The number of benzene rings is 1. The van der Waals surface area contributed by atoms with Crippen molar-refractivity contribution in [2.75, 3.05) is 0 Å². The van der Waals surface area contributed by atoms with Crippen LogP contribution in [0.2, 0.25) is 0 Å². The number of aliphatic hydroxyl groups excluding tert-OH is 1. The van der Waals surface area contributed by atoms with Gasteiger partial charge in [-0.25, -0.2) is 4.79 Å². The number of carbonyl (C=O) groups is 2. The number of hydrogen-bond acceptors (Lipinski definition) is 5. The highest BCUT2D eigenvalue weighted by Gasteiger charge is 2.78. The van der Waals surface area contributed by atoms with Crippen molar-refractivity contribution in [3.8, 4) is 0 Å². The zero-order chi connectivity index (χ0) is 24.8. The molecule has 1 aromatic carbocycles. The van der Waals surface area contributed by atoms with E-state index in [9.17, 15) is 14.7 Å². The molecule has 6 heteroatoms. The van der Waals surface area contributed by atoms with Crippen LogP contribution < -0.4 is 5.32 Å². The van der Waals surface area contributed by atoms with Gasteiger partial charge in [-0.2, -0.15) is 0 Å². The molecule has 2 N–H and O–H groups in total. The summed E-state index contributed by atoms with van der Waals surface area (Å²) < 4.78 is 12.5. The molecule has 1 aliphatic carbocycles. The van der Waals surface area contributed by atoms with Gasteiger partial charge in [0.05, 0.1) is 23.7 Å². The maximum absolute atomic E-state index is 13.8. The zero-order valence-corrected chi connectivity index (χ0v) is 20.9. The molecule has 4 aliphatic rings. The number of rotatable bonds is 2. The van der Waals surface area contributed by atoms with Gasteiger partial charge in [-0.1, -0.05) is 62.4 Å². The van der Waals surface area contributed by atoms with Gasteiger partial charge in [0, 0.05) is 18.0 Å².